The summed E-state index contributed by atoms with van der Waals surface area (Å²) in [6.45, 7) is 6.05. The zero-order valence-electron chi connectivity index (χ0n) is 12.9. The molecule has 112 valence electrons. The molecule has 0 fully saturated rings. The fourth-order valence-electron chi connectivity index (χ4n) is 2.70. The van der Waals surface area contributed by atoms with E-state index in [-0.39, 0.29) is 5.82 Å². The van der Waals surface area contributed by atoms with E-state index in [2.05, 4.69) is 42.6 Å². The second kappa shape index (κ2) is 7.94. The lowest BCUT2D eigenvalue weighted by atomic mass is 9.91. The van der Waals surface area contributed by atoms with Crippen molar-refractivity contribution in [2.24, 2.45) is 0 Å². The lowest BCUT2D eigenvalue weighted by Gasteiger charge is -2.18. The summed E-state index contributed by atoms with van der Waals surface area (Å²) in [5.41, 5.74) is 3.36. The van der Waals surface area contributed by atoms with Crippen LogP contribution in [0.5, 0.6) is 0 Å². The molecule has 2 aromatic rings. The van der Waals surface area contributed by atoms with Gasteiger partial charge in [0.15, 0.2) is 0 Å². The first-order valence-corrected chi connectivity index (χ1v) is 7.70. The van der Waals surface area contributed by atoms with Crippen molar-refractivity contribution in [3.05, 3.63) is 71.0 Å². The van der Waals surface area contributed by atoms with Gasteiger partial charge in [-0.3, -0.25) is 0 Å². The minimum Gasteiger partial charge on any atom is -0.316 e. The smallest absolute Gasteiger partial charge is 0.123 e. The Kier molecular flexibility index (Phi) is 5.94. The Hall–Kier alpha value is -1.67. The van der Waals surface area contributed by atoms with Gasteiger partial charge >= 0.3 is 0 Å². The molecule has 2 aromatic carbocycles. The third kappa shape index (κ3) is 4.98. The molecule has 0 aliphatic rings. The summed E-state index contributed by atoms with van der Waals surface area (Å²) in [5, 5.41) is 3.49. The molecule has 0 aromatic heterocycles. The monoisotopic (exact) mass is 285 g/mol. The average molecular weight is 285 g/mol. The summed E-state index contributed by atoms with van der Waals surface area (Å²) in [6, 6.07) is 15.8. The summed E-state index contributed by atoms with van der Waals surface area (Å²) >= 11 is 0. The standard InChI is InChI=1S/C19H24FN/c1-3-9-21-14-18(17-7-5-4-6-8-17)12-16-10-15(2)11-19(20)13-16/h4-8,10-11,13,18,21H,3,9,12,14H2,1-2H3. The second-order valence-corrected chi connectivity index (χ2v) is 5.65. The SMILES string of the molecule is CCCNCC(Cc1cc(C)cc(F)c1)c1ccccc1. The molecule has 1 nitrogen and oxygen atoms in total. The van der Waals surface area contributed by atoms with Gasteiger partial charge in [-0.1, -0.05) is 43.3 Å². The predicted molar refractivity (Wildman–Crippen MR) is 87.2 cm³/mol. The fraction of sp³-hybridized carbons (Fsp3) is 0.368. The van der Waals surface area contributed by atoms with Gasteiger partial charge in [-0.2, -0.15) is 0 Å². The van der Waals surface area contributed by atoms with E-state index in [1.165, 1.54) is 5.56 Å². The summed E-state index contributed by atoms with van der Waals surface area (Å²) in [5.74, 6) is 0.234. The Balaban J connectivity index is 2.15. The molecule has 1 N–H and O–H groups in total. The number of rotatable bonds is 7. The van der Waals surface area contributed by atoms with Gasteiger partial charge in [-0.15, -0.1) is 0 Å². The van der Waals surface area contributed by atoms with E-state index >= 15 is 0 Å². The van der Waals surface area contributed by atoms with Crippen molar-refractivity contribution in [2.75, 3.05) is 13.1 Å². The highest BCUT2D eigenvalue weighted by molar-refractivity contribution is 5.28. The minimum absolute atomic E-state index is 0.140. The van der Waals surface area contributed by atoms with Crippen molar-refractivity contribution in [3.63, 3.8) is 0 Å². The Bertz CT molecular complexity index is 530. The van der Waals surface area contributed by atoms with Gasteiger partial charge in [0.1, 0.15) is 5.82 Å². The van der Waals surface area contributed by atoms with Crippen LogP contribution in [0.3, 0.4) is 0 Å². The molecule has 0 heterocycles. The molecule has 0 spiro atoms. The van der Waals surface area contributed by atoms with E-state index in [1.54, 1.807) is 12.1 Å². The molecule has 21 heavy (non-hydrogen) atoms. The highest BCUT2D eigenvalue weighted by Gasteiger charge is 2.12. The quantitative estimate of drug-likeness (QED) is 0.741. The van der Waals surface area contributed by atoms with E-state index in [0.29, 0.717) is 5.92 Å². The lowest BCUT2D eigenvalue weighted by Crippen LogP contribution is -2.23. The lowest BCUT2D eigenvalue weighted by molar-refractivity contribution is 0.572. The van der Waals surface area contributed by atoms with Gasteiger partial charge in [-0.05, 0) is 55.1 Å². The van der Waals surface area contributed by atoms with Crippen LogP contribution >= 0.6 is 0 Å². The molecule has 0 bridgehead atoms. The normalized spacial score (nSPS) is 12.3. The van der Waals surface area contributed by atoms with Gasteiger partial charge in [0.2, 0.25) is 0 Å². The molecule has 2 rings (SSSR count). The summed E-state index contributed by atoms with van der Waals surface area (Å²) in [4.78, 5) is 0. The third-order valence-corrected chi connectivity index (χ3v) is 3.67. The van der Waals surface area contributed by atoms with Gasteiger partial charge in [0.05, 0.1) is 0 Å². The second-order valence-electron chi connectivity index (χ2n) is 5.65. The summed E-state index contributed by atoms with van der Waals surface area (Å²) in [6.07, 6.45) is 1.99. The zero-order valence-corrected chi connectivity index (χ0v) is 12.9. The number of aryl methyl sites for hydroxylation is 1. The van der Waals surface area contributed by atoms with Crippen LogP contribution in [-0.2, 0) is 6.42 Å². The van der Waals surface area contributed by atoms with Crippen molar-refractivity contribution in [1.82, 2.24) is 5.32 Å². The van der Waals surface area contributed by atoms with E-state index < -0.39 is 0 Å². The van der Waals surface area contributed by atoms with Crippen LogP contribution in [0, 0.1) is 12.7 Å². The Morgan fingerprint density at radius 1 is 1.10 bits per heavy atom. The molecule has 0 aliphatic heterocycles. The van der Waals surface area contributed by atoms with Gasteiger partial charge < -0.3 is 5.32 Å². The Morgan fingerprint density at radius 2 is 1.86 bits per heavy atom. The van der Waals surface area contributed by atoms with Crippen LogP contribution in [0.15, 0.2) is 48.5 Å². The summed E-state index contributed by atoms with van der Waals surface area (Å²) in [7, 11) is 0. The molecular weight excluding hydrogens is 261 g/mol. The third-order valence-electron chi connectivity index (χ3n) is 3.67. The molecule has 0 radical (unpaired) electrons. The molecular formula is C19H24FN. The van der Waals surface area contributed by atoms with Crippen LogP contribution in [-0.4, -0.2) is 13.1 Å². The van der Waals surface area contributed by atoms with Crippen LogP contribution in [0.2, 0.25) is 0 Å². The Morgan fingerprint density at radius 3 is 2.52 bits per heavy atom. The number of halogens is 1. The molecule has 0 amide bonds. The molecule has 2 heteroatoms. The molecule has 0 saturated heterocycles. The van der Waals surface area contributed by atoms with Gasteiger partial charge in [-0.25, -0.2) is 4.39 Å². The summed E-state index contributed by atoms with van der Waals surface area (Å²) < 4.78 is 13.6. The number of hydrogen-bond acceptors (Lipinski definition) is 1. The fourth-order valence-corrected chi connectivity index (χ4v) is 2.70. The molecule has 1 atom stereocenters. The van der Waals surface area contributed by atoms with Crippen molar-refractivity contribution >= 4 is 0 Å². The zero-order chi connectivity index (χ0) is 15.1. The van der Waals surface area contributed by atoms with Crippen LogP contribution < -0.4 is 5.32 Å². The maximum Gasteiger partial charge on any atom is 0.123 e. The first kappa shape index (κ1) is 15.7. The first-order chi connectivity index (χ1) is 10.2. The maximum atomic E-state index is 13.6. The average Bonchev–Trinajstić information content (AvgIpc) is 2.46. The highest BCUT2D eigenvalue weighted by atomic mass is 19.1. The molecule has 0 aliphatic carbocycles. The number of nitrogens with one attached hydrogen (secondary N) is 1. The van der Waals surface area contributed by atoms with Crippen molar-refractivity contribution in [3.8, 4) is 0 Å². The van der Waals surface area contributed by atoms with Gasteiger partial charge in [0, 0.05) is 12.5 Å². The van der Waals surface area contributed by atoms with Crippen LogP contribution in [0.4, 0.5) is 4.39 Å². The van der Waals surface area contributed by atoms with E-state index in [0.717, 1.165) is 37.1 Å². The van der Waals surface area contributed by atoms with E-state index in [1.807, 2.05) is 13.0 Å². The van der Waals surface area contributed by atoms with Crippen LogP contribution in [0.25, 0.3) is 0 Å². The number of benzene rings is 2. The largest absolute Gasteiger partial charge is 0.316 e. The molecule has 0 saturated carbocycles. The first-order valence-electron chi connectivity index (χ1n) is 7.70. The molecule has 1 unspecified atom stereocenters. The highest BCUT2D eigenvalue weighted by Crippen LogP contribution is 2.21. The van der Waals surface area contributed by atoms with Crippen LogP contribution in [0.1, 0.15) is 36.0 Å². The van der Waals surface area contributed by atoms with E-state index in [4.69, 9.17) is 0 Å². The topological polar surface area (TPSA) is 12.0 Å². The predicted octanol–water partition coefficient (Wildman–Crippen LogP) is 4.46. The maximum absolute atomic E-state index is 13.6. The van der Waals surface area contributed by atoms with Crippen molar-refractivity contribution < 1.29 is 4.39 Å². The van der Waals surface area contributed by atoms with Gasteiger partial charge in [0.25, 0.3) is 0 Å². The van der Waals surface area contributed by atoms with E-state index in [9.17, 15) is 4.39 Å². The number of hydrogen-bond donors (Lipinski definition) is 1. The van der Waals surface area contributed by atoms with Crippen molar-refractivity contribution in [1.29, 1.82) is 0 Å². The minimum atomic E-state index is -0.140. The van der Waals surface area contributed by atoms with Crippen molar-refractivity contribution in [2.45, 2.75) is 32.6 Å². The Labute approximate surface area is 127 Å².